The highest BCUT2D eigenvalue weighted by atomic mass is 16.3. The molecule has 1 heteroatoms. The molecule has 3 saturated carbocycles. The fraction of sp³-hybridized carbons (Fsp3) is 1.00. The molecule has 3 aliphatic rings. The molecule has 86 valence electrons. The zero-order valence-corrected chi connectivity index (χ0v) is 9.91. The fourth-order valence-corrected chi connectivity index (χ4v) is 4.92. The van der Waals surface area contributed by atoms with Crippen molar-refractivity contribution in [1.29, 1.82) is 0 Å². The molecule has 1 N–H and O–H groups in total. The van der Waals surface area contributed by atoms with Gasteiger partial charge in [0, 0.05) is 0 Å². The van der Waals surface area contributed by atoms with Crippen molar-refractivity contribution in [2.24, 2.45) is 23.2 Å². The van der Waals surface area contributed by atoms with Gasteiger partial charge in [0.15, 0.2) is 0 Å². The van der Waals surface area contributed by atoms with E-state index in [1.54, 1.807) is 0 Å². The monoisotopic (exact) mass is 208 g/mol. The van der Waals surface area contributed by atoms with Gasteiger partial charge in [-0.05, 0) is 55.3 Å². The lowest BCUT2D eigenvalue weighted by Gasteiger charge is -2.49. The summed E-state index contributed by atoms with van der Waals surface area (Å²) in [5.74, 6) is 2.84. The van der Waals surface area contributed by atoms with Crippen molar-refractivity contribution < 1.29 is 5.11 Å². The van der Waals surface area contributed by atoms with Gasteiger partial charge in [0.25, 0.3) is 0 Å². The Hall–Kier alpha value is -0.0400. The van der Waals surface area contributed by atoms with E-state index in [4.69, 9.17) is 0 Å². The van der Waals surface area contributed by atoms with Gasteiger partial charge in [-0.15, -0.1) is 0 Å². The molecule has 5 atom stereocenters. The Morgan fingerprint density at radius 2 is 1.80 bits per heavy atom. The van der Waals surface area contributed by atoms with Gasteiger partial charge < -0.3 is 5.11 Å². The summed E-state index contributed by atoms with van der Waals surface area (Å²) in [6.07, 6.45) is 10.9. The van der Waals surface area contributed by atoms with Gasteiger partial charge in [0.2, 0.25) is 0 Å². The molecule has 0 amide bonds. The molecule has 0 aromatic carbocycles. The maximum atomic E-state index is 10.2. The van der Waals surface area contributed by atoms with Crippen LogP contribution < -0.4 is 0 Å². The number of hydrogen-bond acceptors (Lipinski definition) is 1. The lowest BCUT2D eigenvalue weighted by molar-refractivity contribution is -0.0447. The average Bonchev–Trinajstić information content (AvgIpc) is 2.56. The Kier molecular flexibility index (Phi) is 2.35. The molecule has 0 heterocycles. The maximum Gasteiger partial charge on any atom is 0.0596 e. The van der Waals surface area contributed by atoms with Crippen molar-refractivity contribution in [3.8, 4) is 0 Å². The summed E-state index contributed by atoms with van der Waals surface area (Å²) >= 11 is 0. The van der Waals surface area contributed by atoms with Crippen LogP contribution in [0.25, 0.3) is 0 Å². The lowest BCUT2D eigenvalue weighted by Crippen LogP contribution is -2.44. The predicted molar refractivity (Wildman–Crippen MR) is 61.5 cm³/mol. The van der Waals surface area contributed by atoms with Crippen molar-refractivity contribution in [3.63, 3.8) is 0 Å². The van der Waals surface area contributed by atoms with E-state index < -0.39 is 0 Å². The molecule has 3 fully saturated rings. The quantitative estimate of drug-likeness (QED) is 0.647. The summed E-state index contributed by atoms with van der Waals surface area (Å²) in [7, 11) is 0. The zero-order chi connectivity index (χ0) is 10.5. The first-order valence-electron chi connectivity index (χ1n) is 6.90. The molecule has 3 rings (SSSR count). The molecule has 3 aliphatic carbocycles. The van der Waals surface area contributed by atoms with Crippen LogP contribution in [-0.4, -0.2) is 11.2 Å². The van der Waals surface area contributed by atoms with E-state index in [0.717, 1.165) is 24.2 Å². The van der Waals surface area contributed by atoms with Crippen molar-refractivity contribution in [3.05, 3.63) is 0 Å². The third kappa shape index (κ3) is 1.39. The first-order valence-corrected chi connectivity index (χ1v) is 6.90. The number of hydrogen-bond donors (Lipinski definition) is 1. The molecule has 1 unspecified atom stereocenters. The third-order valence-corrected chi connectivity index (χ3v) is 5.90. The molecule has 0 aromatic heterocycles. The average molecular weight is 208 g/mol. The summed E-state index contributed by atoms with van der Waals surface area (Å²) in [5.41, 5.74) is 0.290. The number of aliphatic hydroxyl groups is 1. The maximum absolute atomic E-state index is 10.2. The Morgan fingerprint density at radius 1 is 1.00 bits per heavy atom. The van der Waals surface area contributed by atoms with Crippen molar-refractivity contribution in [2.45, 2.75) is 64.4 Å². The largest absolute Gasteiger partial charge is 0.393 e. The molecule has 1 nitrogen and oxygen atoms in total. The molecule has 0 saturated heterocycles. The second kappa shape index (κ2) is 3.48. The Balaban J connectivity index is 1.85. The fourth-order valence-electron chi connectivity index (χ4n) is 4.92. The van der Waals surface area contributed by atoms with Crippen LogP contribution in [0.5, 0.6) is 0 Å². The molecule has 15 heavy (non-hydrogen) atoms. The third-order valence-electron chi connectivity index (χ3n) is 5.90. The summed E-state index contributed by atoms with van der Waals surface area (Å²) in [4.78, 5) is 0. The van der Waals surface area contributed by atoms with Gasteiger partial charge in [-0.25, -0.2) is 0 Å². The topological polar surface area (TPSA) is 20.2 Å². The van der Waals surface area contributed by atoms with Crippen molar-refractivity contribution in [1.82, 2.24) is 0 Å². The number of rotatable bonds is 0. The summed E-state index contributed by atoms with van der Waals surface area (Å²) < 4.78 is 0. The van der Waals surface area contributed by atoms with Crippen molar-refractivity contribution >= 4 is 0 Å². The SMILES string of the molecule is C[C@]12CC[C@@H]3CCCC[C@H]3[C@@H]1CCC2O. The van der Waals surface area contributed by atoms with Crippen LogP contribution in [0, 0.1) is 23.2 Å². The molecule has 0 aliphatic heterocycles. The minimum absolute atomic E-state index is 0.00498. The van der Waals surface area contributed by atoms with E-state index in [1.165, 1.54) is 44.9 Å². The Labute approximate surface area is 93.3 Å². The van der Waals surface area contributed by atoms with Crippen LogP contribution in [0.3, 0.4) is 0 Å². The van der Waals surface area contributed by atoms with E-state index >= 15 is 0 Å². The van der Waals surface area contributed by atoms with Crippen LogP contribution in [0.2, 0.25) is 0 Å². The Morgan fingerprint density at radius 3 is 2.67 bits per heavy atom. The van der Waals surface area contributed by atoms with E-state index in [2.05, 4.69) is 6.92 Å². The zero-order valence-electron chi connectivity index (χ0n) is 9.91. The lowest BCUT2D eigenvalue weighted by atomic mass is 9.56. The van der Waals surface area contributed by atoms with Gasteiger partial charge in [0.05, 0.1) is 6.10 Å². The molecular weight excluding hydrogens is 184 g/mol. The van der Waals surface area contributed by atoms with Crippen molar-refractivity contribution in [2.75, 3.05) is 0 Å². The highest BCUT2D eigenvalue weighted by Crippen LogP contribution is 2.58. The molecule has 0 bridgehead atoms. The van der Waals surface area contributed by atoms with Gasteiger partial charge in [-0.3, -0.25) is 0 Å². The van der Waals surface area contributed by atoms with E-state index in [-0.39, 0.29) is 6.10 Å². The van der Waals surface area contributed by atoms with Crippen LogP contribution in [0.15, 0.2) is 0 Å². The first-order chi connectivity index (χ1) is 7.22. The summed E-state index contributed by atoms with van der Waals surface area (Å²) in [6, 6.07) is 0. The normalized spacial score (nSPS) is 54.8. The van der Waals surface area contributed by atoms with Crippen LogP contribution in [0.1, 0.15) is 58.3 Å². The highest BCUT2D eigenvalue weighted by Gasteiger charge is 2.53. The second-order valence-electron chi connectivity index (χ2n) is 6.45. The first kappa shape index (κ1) is 10.1. The van der Waals surface area contributed by atoms with Crippen LogP contribution >= 0.6 is 0 Å². The van der Waals surface area contributed by atoms with Crippen LogP contribution in [-0.2, 0) is 0 Å². The van der Waals surface area contributed by atoms with Crippen LogP contribution in [0.4, 0.5) is 0 Å². The van der Waals surface area contributed by atoms with E-state index in [1.807, 2.05) is 0 Å². The van der Waals surface area contributed by atoms with Gasteiger partial charge >= 0.3 is 0 Å². The minimum atomic E-state index is 0.00498. The molecule has 0 radical (unpaired) electrons. The minimum Gasteiger partial charge on any atom is -0.393 e. The van der Waals surface area contributed by atoms with Gasteiger partial charge in [-0.1, -0.05) is 26.2 Å². The van der Waals surface area contributed by atoms with E-state index in [9.17, 15) is 5.11 Å². The Bertz CT molecular complexity index is 250. The standard InChI is InChI=1S/C14H24O/c1-14-9-8-10-4-2-3-5-11(10)12(14)6-7-13(14)15/h10-13,15H,2-9H2,1H3/t10-,11+,12-,13?,14-/m0/s1. The number of fused-ring (bicyclic) bond motifs is 3. The predicted octanol–water partition coefficient (Wildman–Crippen LogP) is 3.36. The van der Waals surface area contributed by atoms with E-state index in [0.29, 0.717) is 5.41 Å². The summed E-state index contributed by atoms with van der Waals surface area (Å²) in [5, 5.41) is 10.2. The van der Waals surface area contributed by atoms with Gasteiger partial charge in [0.1, 0.15) is 0 Å². The smallest absolute Gasteiger partial charge is 0.0596 e. The second-order valence-corrected chi connectivity index (χ2v) is 6.45. The molecular formula is C14H24O. The molecule has 0 spiro atoms. The molecule has 0 aromatic rings. The summed E-state index contributed by atoms with van der Waals surface area (Å²) in [6.45, 7) is 2.36. The highest BCUT2D eigenvalue weighted by molar-refractivity contribution is 5.03. The van der Waals surface area contributed by atoms with Gasteiger partial charge in [-0.2, -0.15) is 0 Å². The number of aliphatic hydroxyl groups excluding tert-OH is 1.